The molecule has 2 aromatic rings. The zero-order valence-electron chi connectivity index (χ0n) is 15.8. The van der Waals surface area contributed by atoms with Crippen molar-refractivity contribution >= 4 is 44.5 Å². The summed E-state index contributed by atoms with van der Waals surface area (Å²) in [6.45, 7) is 6.20. The number of ether oxygens (including phenoxy) is 1. The molecule has 1 atom stereocenters. The molecule has 0 aliphatic carbocycles. The summed E-state index contributed by atoms with van der Waals surface area (Å²) in [6, 6.07) is 13.4. The molecule has 4 rings (SSSR count). The molecular weight excluding hydrogens is 452 g/mol. The second-order valence-electron chi connectivity index (χ2n) is 6.29. The molecule has 0 fully saturated rings. The third kappa shape index (κ3) is 3.82. The van der Waals surface area contributed by atoms with Gasteiger partial charge < -0.3 is 4.74 Å². The fraction of sp³-hybridized carbons (Fsp3) is 0.190. The van der Waals surface area contributed by atoms with E-state index in [0.717, 1.165) is 20.6 Å². The average Bonchev–Trinajstić information content (AvgIpc) is 2.73. The van der Waals surface area contributed by atoms with E-state index in [0.29, 0.717) is 29.0 Å². The molecule has 0 bridgehead atoms. The monoisotopic (exact) mass is 470 g/mol. The van der Waals surface area contributed by atoms with Crippen LogP contribution >= 0.6 is 27.7 Å². The predicted octanol–water partition coefficient (Wildman–Crippen LogP) is 2.91. The molecule has 2 aliphatic rings. The van der Waals surface area contributed by atoms with E-state index < -0.39 is 6.17 Å². The van der Waals surface area contributed by atoms with Gasteiger partial charge in [0.1, 0.15) is 11.4 Å². The van der Waals surface area contributed by atoms with E-state index in [4.69, 9.17) is 14.8 Å². The molecule has 6 nitrogen and oxygen atoms in total. The van der Waals surface area contributed by atoms with Crippen molar-refractivity contribution in [2.75, 3.05) is 12.4 Å². The number of nitrogens with one attached hydrogen (secondary N) is 1. The summed E-state index contributed by atoms with van der Waals surface area (Å²) in [7, 11) is 0. The first-order valence-corrected chi connectivity index (χ1v) is 10.9. The average molecular weight is 471 g/mol. The van der Waals surface area contributed by atoms with Gasteiger partial charge in [0.2, 0.25) is 0 Å². The molecule has 2 aliphatic heterocycles. The van der Waals surface area contributed by atoms with Gasteiger partial charge in [-0.3, -0.25) is 15.1 Å². The lowest BCUT2D eigenvalue weighted by Gasteiger charge is -2.34. The minimum absolute atomic E-state index is 0.202. The van der Waals surface area contributed by atoms with Gasteiger partial charge in [0.05, 0.1) is 12.0 Å². The molecule has 2 aromatic carbocycles. The highest BCUT2D eigenvalue weighted by Gasteiger charge is 2.35. The number of amidine groups is 1. The fourth-order valence-electron chi connectivity index (χ4n) is 3.24. The minimum Gasteiger partial charge on any atom is -0.493 e. The van der Waals surface area contributed by atoms with Gasteiger partial charge in [-0.25, -0.2) is 5.01 Å². The van der Waals surface area contributed by atoms with Crippen LogP contribution in [-0.2, 0) is 4.79 Å². The van der Waals surface area contributed by atoms with Gasteiger partial charge in [-0.05, 0) is 31.2 Å². The van der Waals surface area contributed by atoms with Crippen molar-refractivity contribution in [3.05, 3.63) is 75.7 Å². The lowest BCUT2D eigenvalue weighted by atomic mass is 10.1. The molecule has 1 amide bonds. The normalized spacial score (nSPS) is 17.5. The zero-order chi connectivity index (χ0) is 20.4. The molecule has 0 saturated heterocycles. The van der Waals surface area contributed by atoms with Crippen LogP contribution in [0.15, 0.2) is 69.7 Å². The Morgan fingerprint density at radius 3 is 2.97 bits per heavy atom. The zero-order valence-corrected chi connectivity index (χ0v) is 18.2. The van der Waals surface area contributed by atoms with Crippen molar-refractivity contribution in [3.8, 4) is 5.75 Å². The highest BCUT2D eigenvalue weighted by molar-refractivity contribution is 9.10. The van der Waals surface area contributed by atoms with E-state index in [1.54, 1.807) is 11.1 Å². The van der Waals surface area contributed by atoms with Crippen LogP contribution in [0.2, 0.25) is 0 Å². The number of halogens is 1. The maximum Gasteiger partial charge on any atom is 0.276 e. The Morgan fingerprint density at radius 1 is 1.34 bits per heavy atom. The number of carbonyl (C=O) groups excluding carboxylic acids is 1. The Morgan fingerprint density at radius 2 is 2.17 bits per heavy atom. The number of hydrogen-bond donors (Lipinski definition) is 1. The number of amides is 1. The number of hydrazone groups is 1. The number of thioether (sulfide) groups is 1. The topological polar surface area (TPSA) is 66.3 Å². The van der Waals surface area contributed by atoms with Crippen molar-refractivity contribution in [3.63, 3.8) is 0 Å². The molecule has 29 heavy (non-hydrogen) atoms. The Labute approximate surface area is 181 Å². The fourth-order valence-corrected chi connectivity index (χ4v) is 4.21. The van der Waals surface area contributed by atoms with Crippen LogP contribution in [-0.4, -0.2) is 28.4 Å². The lowest BCUT2D eigenvalue weighted by Crippen LogP contribution is -2.50. The largest absolute Gasteiger partial charge is 0.493 e. The van der Waals surface area contributed by atoms with Crippen LogP contribution < -0.4 is 20.6 Å². The van der Waals surface area contributed by atoms with Gasteiger partial charge in [-0.2, -0.15) is 0 Å². The van der Waals surface area contributed by atoms with Crippen molar-refractivity contribution in [2.45, 2.75) is 13.1 Å². The van der Waals surface area contributed by atoms with Crippen LogP contribution in [0.3, 0.4) is 0 Å². The van der Waals surface area contributed by atoms with E-state index >= 15 is 0 Å². The van der Waals surface area contributed by atoms with Crippen LogP contribution in [0.4, 0.5) is 0 Å². The Bertz CT molecular complexity index is 1130. The highest BCUT2D eigenvalue weighted by atomic mass is 79.9. The molecule has 148 valence electrons. The van der Waals surface area contributed by atoms with Gasteiger partial charge >= 0.3 is 0 Å². The van der Waals surface area contributed by atoms with E-state index in [9.17, 15) is 4.79 Å². The van der Waals surface area contributed by atoms with E-state index in [2.05, 4.69) is 27.8 Å². The summed E-state index contributed by atoms with van der Waals surface area (Å²) in [6.07, 6.45) is 1.25. The summed E-state index contributed by atoms with van der Waals surface area (Å²) in [5.41, 5.74) is 1.31. The quantitative estimate of drug-likeness (QED) is 0.682. The molecule has 0 spiro atoms. The van der Waals surface area contributed by atoms with Gasteiger partial charge in [0.15, 0.2) is 11.3 Å². The lowest BCUT2D eigenvalue weighted by molar-refractivity contribution is -0.116. The van der Waals surface area contributed by atoms with Crippen molar-refractivity contribution in [2.24, 2.45) is 10.1 Å². The minimum atomic E-state index is -0.524. The maximum absolute atomic E-state index is 13.0. The van der Waals surface area contributed by atoms with Crippen LogP contribution in [0.5, 0.6) is 5.75 Å². The van der Waals surface area contributed by atoms with Crippen molar-refractivity contribution in [1.29, 1.82) is 0 Å². The molecule has 2 heterocycles. The number of benzene rings is 2. The van der Waals surface area contributed by atoms with Crippen molar-refractivity contribution in [1.82, 2.24) is 10.3 Å². The molecule has 1 unspecified atom stereocenters. The molecular formula is C21H19BrN4O2S. The van der Waals surface area contributed by atoms with E-state index in [1.165, 1.54) is 11.8 Å². The number of rotatable bonds is 5. The highest BCUT2D eigenvalue weighted by Crippen LogP contribution is 2.37. The summed E-state index contributed by atoms with van der Waals surface area (Å²) in [5, 5.41) is 11.3. The SMILES string of the molecule is C=CCSC1=NN2C(=c3ccccc3=NC2c2cc(Br)ccc2OCC)C(=O)N1. The number of para-hydroxylation sites is 1. The Hall–Kier alpha value is -2.58. The Kier molecular flexibility index (Phi) is 5.73. The second kappa shape index (κ2) is 8.42. The molecule has 1 N–H and O–H groups in total. The summed E-state index contributed by atoms with van der Waals surface area (Å²) >= 11 is 4.95. The predicted molar refractivity (Wildman–Crippen MR) is 119 cm³/mol. The molecule has 8 heteroatoms. The first-order chi connectivity index (χ1) is 14.1. The van der Waals surface area contributed by atoms with Crippen molar-refractivity contribution < 1.29 is 9.53 Å². The Balaban J connectivity index is 1.93. The number of hydrogen-bond acceptors (Lipinski definition) is 6. The van der Waals surface area contributed by atoms with Gasteiger partial charge in [-0.1, -0.05) is 52.0 Å². The number of nitrogens with zero attached hydrogens (tertiary/aromatic N) is 3. The van der Waals surface area contributed by atoms with Gasteiger partial charge in [-0.15, -0.1) is 11.7 Å². The smallest absolute Gasteiger partial charge is 0.276 e. The summed E-state index contributed by atoms with van der Waals surface area (Å²) < 4.78 is 6.75. The number of fused-ring (bicyclic) bond motifs is 2. The third-order valence-corrected chi connectivity index (χ3v) is 5.76. The third-order valence-electron chi connectivity index (χ3n) is 4.40. The second-order valence-corrected chi connectivity index (χ2v) is 8.21. The van der Waals surface area contributed by atoms with E-state index in [-0.39, 0.29) is 5.91 Å². The van der Waals surface area contributed by atoms with E-state index in [1.807, 2.05) is 49.4 Å². The van der Waals surface area contributed by atoms with Crippen LogP contribution in [0.25, 0.3) is 5.70 Å². The maximum atomic E-state index is 13.0. The summed E-state index contributed by atoms with van der Waals surface area (Å²) in [4.78, 5) is 17.9. The summed E-state index contributed by atoms with van der Waals surface area (Å²) in [5.74, 6) is 1.15. The first-order valence-electron chi connectivity index (χ1n) is 9.14. The van der Waals surface area contributed by atoms with Crippen LogP contribution in [0.1, 0.15) is 18.7 Å². The van der Waals surface area contributed by atoms with Crippen LogP contribution in [0, 0.1) is 0 Å². The molecule has 0 radical (unpaired) electrons. The molecule has 0 aromatic heterocycles. The standard InChI is InChI=1S/C21H19BrN4O2S/c1-3-11-29-21-24-20(27)18-14-7-5-6-8-16(14)23-19(26(18)25-21)15-12-13(22)9-10-17(15)28-4-2/h3,5-10,12,19H,1,4,11H2,2H3,(H,24,25,27). The first kappa shape index (κ1) is 19.7. The van der Waals surface area contributed by atoms with Gasteiger partial charge in [0, 0.05) is 21.0 Å². The van der Waals surface area contributed by atoms with Gasteiger partial charge in [0.25, 0.3) is 5.91 Å². The molecule has 0 saturated carbocycles. The number of carbonyl (C=O) groups is 1.